The Morgan fingerprint density at radius 3 is 2.55 bits per heavy atom. The van der Waals surface area contributed by atoms with E-state index in [9.17, 15) is 9.59 Å². The van der Waals surface area contributed by atoms with Gasteiger partial charge in [-0.15, -0.1) is 0 Å². The number of benzene rings is 1. The second kappa shape index (κ2) is 7.21. The van der Waals surface area contributed by atoms with Crippen molar-refractivity contribution in [1.29, 1.82) is 0 Å². The Kier molecular flexibility index (Phi) is 5.08. The quantitative estimate of drug-likeness (QED) is 0.908. The number of pyridine rings is 1. The average Bonchev–Trinajstić information content (AvgIpc) is 2.53. The predicted molar refractivity (Wildman–Crippen MR) is 84.6 cm³/mol. The summed E-state index contributed by atoms with van der Waals surface area (Å²) in [6.07, 6.45) is 1.49. The molecule has 0 radical (unpaired) electrons. The molecule has 1 aromatic carbocycles. The molecule has 0 spiro atoms. The van der Waals surface area contributed by atoms with E-state index in [4.69, 9.17) is 0 Å². The highest BCUT2D eigenvalue weighted by Gasteiger charge is 2.10. The summed E-state index contributed by atoms with van der Waals surface area (Å²) in [6, 6.07) is 12.5. The van der Waals surface area contributed by atoms with Gasteiger partial charge in [0.2, 0.25) is 0 Å². The van der Waals surface area contributed by atoms with Gasteiger partial charge in [0.1, 0.15) is 5.69 Å². The molecule has 0 saturated carbocycles. The van der Waals surface area contributed by atoms with Crippen molar-refractivity contribution in [2.24, 2.45) is 0 Å². The standard InChI is InChI=1S/C16H18N4O2/c1-20(2)15(21)14-10-13(8-9-17-14)19-16(22)18-11-12-6-4-3-5-7-12/h3-10H,11H2,1-2H3,(H2,17,18,19,22). The van der Waals surface area contributed by atoms with E-state index in [0.717, 1.165) is 5.56 Å². The van der Waals surface area contributed by atoms with E-state index in [-0.39, 0.29) is 17.6 Å². The number of nitrogens with one attached hydrogen (secondary N) is 2. The third-order valence-corrected chi connectivity index (χ3v) is 2.94. The van der Waals surface area contributed by atoms with E-state index in [2.05, 4.69) is 15.6 Å². The van der Waals surface area contributed by atoms with E-state index in [1.54, 1.807) is 26.2 Å². The normalized spacial score (nSPS) is 9.91. The van der Waals surface area contributed by atoms with Crippen LogP contribution < -0.4 is 10.6 Å². The van der Waals surface area contributed by atoms with E-state index in [1.807, 2.05) is 30.3 Å². The third-order valence-electron chi connectivity index (χ3n) is 2.94. The molecule has 1 aromatic heterocycles. The summed E-state index contributed by atoms with van der Waals surface area (Å²) < 4.78 is 0. The highest BCUT2D eigenvalue weighted by molar-refractivity contribution is 5.95. The van der Waals surface area contributed by atoms with Gasteiger partial charge in [-0.2, -0.15) is 0 Å². The molecule has 3 amide bonds. The predicted octanol–water partition coefficient (Wildman–Crippen LogP) is 2.11. The molecule has 22 heavy (non-hydrogen) atoms. The molecule has 114 valence electrons. The Morgan fingerprint density at radius 1 is 1.14 bits per heavy atom. The fourth-order valence-corrected chi connectivity index (χ4v) is 1.81. The van der Waals surface area contributed by atoms with E-state index in [1.165, 1.54) is 11.1 Å². The van der Waals surface area contributed by atoms with Gasteiger partial charge in [0.25, 0.3) is 5.91 Å². The van der Waals surface area contributed by atoms with Gasteiger partial charge in [-0.3, -0.25) is 9.78 Å². The maximum atomic E-state index is 11.9. The van der Waals surface area contributed by atoms with Crippen LogP contribution in [-0.2, 0) is 6.54 Å². The summed E-state index contributed by atoms with van der Waals surface area (Å²) in [7, 11) is 3.30. The Labute approximate surface area is 129 Å². The molecule has 2 aromatic rings. The second-order valence-corrected chi connectivity index (χ2v) is 4.92. The lowest BCUT2D eigenvalue weighted by Crippen LogP contribution is -2.28. The van der Waals surface area contributed by atoms with Gasteiger partial charge in [-0.25, -0.2) is 4.79 Å². The molecule has 0 unspecified atom stereocenters. The molecule has 2 N–H and O–H groups in total. The zero-order chi connectivity index (χ0) is 15.9. The summed E-state index contributed by atoms with van der Waals surface area (Å²) in [5, 5.41) is 5.44. The topological polar surface area (TPSA) is 74.3 Å². The number of carbonyl (C=O) groups excluding carboxylic acids is 2. The number of nitrogens with zero attached hydrogens (tertiary/aromatic N) is 2. The first-order valence-electron chi connectivity index (χ1n) is 6.83. The number of aromatic nitrogens is 1. The molecule has 6 heteroatoms. The van der Waals surface area contributed by atoms with Crippen LogP contribution >= 0.6 is 0 Å². The van der Waals surface area contributed by atoms with Crippen molar-refractivity contribution in [2.75, 3.05) is 19.4 Å². The number of urea groups is 1. The van der Waals surface area contributed by atoms with Crippen LogP contribution in [0.5, 0.6) is 0 Å². The van der Waals surface area contributed by atoms with Gasteiger partial charge in [0.15, 0.2) is 0 Å². The van der Waals surface area contributed by atoms with Gasteiger partial charge < -0.3 is 15.5 Å². The summed E-state index contributed by atoms with van der Waals surface area (Å²) in [5.41, 5.74) is 1.81. The van der Waals surface area contributed by atoms with Crippen LogP contribution in [0.1, 0.15) is 16.1 Å². The third kappa shape index (κ3) is 4.31. The molecule has 2 rings (SSSR count). The maximum Gasteiger partial charge on any atom is 0.319 e. The minimum absolute atomic E-state index is 0.214. The molecule has 0 atom stereocenters. The van der Waals surface area contributed by atoms with E-state index < -0.39 is 0 Å². The molecular formula is C16H18N4O2. The van der Waals surface area contributed by atoms with Crippen LogP contribution in [0.15, 0.2) is 48.7 Å². The van der Waals surface area contributed by atoms with Gasteiger partial charge in [0, 0.05) is 32.5 Å². The smallest absolute Gasteiger partial charge is 0.319 e. The minimum Gasteiger partial charge on any atom is -0.343 e. The first-order chi connectivity index (χ1) is 10.6. The number of carbonyl (C=O) groups is 2. The molecule has 0 saturated heterocycles. The number of hydrogen-bond acceptors (Lipinski definition) is 3. The number of rotatable bonds is 4. The van der Waals surface area contributed by atoms with Crippen molar-refractivity contribution in [3.8, 4) is 0 Å². The number of hydrogen-bond donors (Lipinski definition) is 2. The Balaban J connectivity index is 1.94. The van der Waals surface area contributed by atoms with Crippen molar-refractivity contribution in [1.82, 2.24) is 15.2 Å². The minimum atomic E-state index is -0.335. The summed E-state index contributed by atoms with van der Waals surface area (Å²) in [4.78, 5) is 29.1. The molecule has 0 fully saturated rings. The highest BCUT2D eigenvalue weighted by Crippen LogP contribution is 2.09. The highest BCUT2D eigenvalue weighted by atomic mass is 16.2. The Bertz CT molecular complexity index is 656. The lowest BCUT2D eigenvalue weighted by atomic mass is 10.2. The van der Waals surface area contributed by atoms with E-state index in [0.29, 0.717) is 12.2 Å². The SMILES string of the molecule is CN(C)C(=O)c1cc(NC(=O)NCc2ccccc2)ccn1. The summed E-state index contributed by atoms with van der Waals surface area (Å²) in [5.74, 6) is -0.214. The molecule has 1 heterocycles. The first kappa shape index (κ1) is 15.5. The lowest BCUT2D eigenvalue weighted by Gasteiger charge is -2.11. The van der Waals surface area contributed by atoms with Gasteiger partial charge in [-0.1, -0.05) is 30.3 Å². The zero-order valence-corrected chi connectivity index (χ0v) is 12.5. The van der Waals surface area contributed by atoms with Crippen molar-refractivity contribution in [2.45, 2.75) is 6.54 Å². The van der Waals surface area contributed by atoms with Gasteiger partial charge >= 0.3 is 6.03 Å². The fraction of sp³-hybridized carbons (Fsp3) is 0.188. The Hall–Kier alpha value is -2.89. The average molecular weight is 298 g/mol. The largest absolute Gasteiger partial charge is 0.343 e. The van der Waals surface area contributed by atoms with Crippen LogP contribution in [0, 0.1) is 0 Å². The number of anilines is 1. The molecule has 0 aliphatic carbocycles. The van der Waals surface area contributed by atoms with Crippen LogP contribution in [0.3, 0.4) is 0 Å². The van der Waals surface area contributed by atoms with Crippen molar-refractivity contribution < 1.29 is 9.59 Å². The van der Waals surface area contributed by atoms with Crippen LogP contribution in [0.2, 0.25) is 0 Å². The second-order valence-electron chi connectivity index (χ2n) is 4.92. The van der Waals surface area contributed by atoms with Crippen molar-refractivity contribution in [3.05, 3.63) is 59.9 Å². The molecule has 0 bridgehead atoms. The number of amides is 3. The van der Waals surface area contributed by atoms with Crippen LogP contribution in [0.4, 0.5) is 10.5 Å². The van der Waals surface area contributed by atoms with Crippen LogP contribution in [0.25, 0.3) is 0 Å². The molecule has 0 aliphatic heterocycles. The molecule has 6 nitrogen and oxygen atoms in total. The van der Waals surface area contributed by atoms with Gasteiger partial charge in [-0.05, 0) is 17.7 Å². The van der Waals surface area contributed by atoms with E-state index >= 15 is 0 Å². The Morgan fingerprint density at radius 2 is 1.86 bits per heavy atom. The molecule has 0 aliphatic rings. The van der Waals surface area contributed by atoms with Crippen LogP contribution in [-0.4, -0.2) is 35.9 Å². The maximum absolute atomic E-state index is 11.9. The van der Waals surface area contributed by atoms with Gasteiger partial charge in [0.05, 0.1) is 0 Å². The summed E-state index contributed by atoms with van der Waals surface area (Å²) in [6.45, 7) is 0.432. The van der Waals surface area contributed by atoms with Crippen molar-refractivity contribution >= 4 is 17.6 Å². The fourth-order valence-electron chi connectivity index (χ4n) is 1.81. The lowest BCUT2D eigenvalue weighted by molar-refractivity contribution is 0.0822. The first-order valence-corrected chi connectivity index (χ1v) is 6.83. The zero-order valence-electron chi connectivity index (χ0n) is 12.5. The monoisotopic (exact) mass is 298 g/mol. The van der Waals surface area contributed by atoms with Crippen molar-refractivity contribution in [3.63, 3.8) is 0 Å². The molecular weight excluding hydrogens is 280 g/mol. The summed E-state index contributed by atoms with van der Waals surface area (Å²) >= 11 is 0.